The highest BCUT2D eigenvalue weighted by Crippen LogP contribution is 2.19. The van der Waals surface area contributed by atoms with Crippen molar-refractivity contribution in [2.24, 2.45) is 15.7 Å². The molecule has 0 spiro atoms. The third-order valence-corrected chi connectivity index (χ3v) is 5.72. The number of hydrogen-bond donors (Lipinski definition) is 5. The second kappa shape index (κ2) is 15.4. The smallest absolute Gasteiger partial charge is 0.165 e. The molecule has 3 atom stereocenters. The van der Waals surface area contributed by atoms with Crippen LogP contribution in [0.15, 0.2) is 69.9 Å². The van der Waals surface area contributed by atoms with Gasteiger partial charge in [-0.25, -0.2) is 18.8 Å². The molecule has 0 aromatic rings. The number of halogens is 2. The Morgan fingerprint density at radius 1 is 1.14 bits per heavy atom. The van der Waals surface area contributed by atoms with Crippen molar-refractivity contribution in [2.75, 3.05) is 13.1 Å². The van der Waals surface area contributed by atoms with Crippen LogP contribution >= 0.6 is 12.8 Å². The average molecular weight is 510 g/mol. The van der Waals surface area contributed by atoms with Crippen molar-refractivity contribution in [1.82, 2.24) is 20.3 Å². The van der Waals surface area contributed by atoms with Gasteiger partial charge in [-0.3, -0.25) is 0 Å². The number of rotatable bonds is 13. The molecule has 0 aromatic heterocycles. The van der Waals surface area contributed by atoms with Crippen LogP contribution in [0.1, 0.15) is 53.4 Å². The highest BCUT2D eigenvalue weighted by Gasteiger charge is 2.18. The first-order valence-electron chi connectivity index (χ1n) is 11.8. The lowest BCUT2D eigenvalue weighted by molar-refractivity contribution is 0.337. The van der Waals surface area contributed by atoms with Gasteiger partial charge in [0.1, 0.15) is 0 Å². The van der Waals surface area contributed by atoms with Crippen LogP contribution in [-0.4, -0.2) is 48.7 Å². The van der Waals surface area contributed by atoms with E-state index in [0.717, 1.165) is 32.4 Å². The molecule has 5 N–H and O–H groups in total. The van der Waals surface area contributed by atoms with Crippen LogP contribution in [-0.2, 0) is 0 Å². The van der Waals surface area contributed by atoms with Gasteiger partial charge in [-0.2, -0.15) is 0 Å². The molecule has 0 saturated carbocycles. The van der Waals surface area contributed by atoms with Crippen molar-refractivity contribution < 1.29 is 8.78 Å². The second-order valence-electron chi connectivity index (χ2n) is 8.89. The summed E-state index contributed by atoms with van der Waals surface area (Å²) in [6.45, 7) is 19.7. The summed E-state index contributed by atoms with van der Waals surface area (Å²) in [5, 5.41) is 6.23. The van der Waals surface area contributed by atoms with Gasteiger partial charge in [-0.1, -0.05) is 26.0 Å². The molecule has 1 fully saturated rings. The van der Waals surface area contributed by atoms with Gasteiger partial charge in [0.05, 0.1) is 6.04 Å². The largest absolute Gasteiger partial charge is 0.381 e. The van der Waals surface area contributed by atoms with Crippen LogP contribution in [0.3, 0.4) is 0 Å². The topological polar surface area (TPSA) is 90.1 Å². The molecule has 0 aromatic carbocycles. The van der Waals surface area contributed by atoms with Crippen LogP contribution in [0.5, 0.6) is 0 Å². The van der Waals surface area contributed by atoms with Gasteiger partial charge in [0.25, 0.3) is 0 Å². The number of amidine groups is 1. The van der Waals surface area contributed by atoms with Crippen LogP contribution < -0.4 is 21.1 Å². The highest BCUT2D eigenvalue weighted by molar-refractivity contribution is 7.78. The molecule has 1 aliphatic heterocycles. The van der Waals surface area contributed by atoms with Gasteiger partial charge in [-0.05, 0) is 66.2 Å². The number of hydrogen-bond acceptors (Lipinski definition) is 7. The first-order chi connectivity index (χ1) is 16.5. The molecule has 196 valence electrons. The van der Waals surface area contributed by atoms with E-state index < -0.39 is 11.7 Å². The zero-order valence-corrected chi connectivity index (χ0v) is 22.3. The summed E-state index contributed by atoms with van der Waals surface area (Å²) in [5.74, 6) is -0.928. The van der Waals surface area contributed by atoms with Gasteiger partial charge in [-0.15, -0.1) is 0 Å². The summed E-state index contributed by atoms with van der Waals surface area (Å²) in [6.07, 6.45) is 6.62. The zero-order chi connectivity index (χ0) is 26.5. The lowest BCUT2D eigenvalue weighted by Gasteiger charge is -2.28. The fourth-order valence-corrected chi connectivity index (χ4v) is 3.96. The lowest BCUT2D eigenvalue weighted by Crippen LogP contribution is -2.36. The molecule has 7 nitrogen and oxygen atoms in total. The van der Waals surface area contributed by atoms with Crippen molar-refractivity contribution in [3.05, 3.63) is 59.9 Å². The summed E-state index contributed by atoms with van der Waals surface area (Å²) in [7, 11) is 0. The summed E-state index contributed by atoms with van der Waals surface area (Å²) in [6, 6.07) is -0.529. The molecule has 1 aliphatic rings. The van der Waals surface area contributed by atoms with Gasteiger partial charge >= 0.3 is 0 Å². The van der Waals surface area contributed by atoms with Crippen molar-refractivity contribution >= 4 is 25.4 Å². The highest BCUT2D eigenvalue weighted by atomic mass is 32.1. The average Bonchev–Trinajstić information content (AvgIpc) is 2.80. The van der Waals surface area contributed by atoms with E-state index in [-0.39, 0.29) is 29.8 Å². The van der Waals surface area contributed by atoms with Crippen molar-refractivity contribution in [3.63, 3.8) is 0 Å². The van der Waals surface area contributed by atoms with Crippen LogP contribution in [0.4, 0.5) is 8.78 Å². The van der Waals surface area contributed by atoms with Gasteiger partial charge in [0.2, 0.25) is 0 Å². The SMILES string of the molecule is C=N/C(NC(C)C[C@H](C)N)=C(F)\C=C(\C(=C)NS)C(C)N/C(C)=C/N=C(\C(=C)F)N1CCCCC1. The van der Waals surface area contributed by atoms with E-state index in [0.29, 0.717) is 23.4 Å². The van der Waals surface area contributed by atoms with Crippen LogP contribution in [0.2, 0.25) is 0 Å². The third kappa shape index (κ3) is 10.7. The molecule has 10 heteroatoms. The molecule has 0 radical (unpaired) electrons. The summed E-state index contributed by atoms with van der Waals surface area (Å²) >= 11 is 4.06. The Bertz CT molecular complexity index is 871. The van der Waals surface area contributed by atoms with E-state index >= 15 is 4.39 Å². The summed E-state index contributed by atoms with van der Waals surface area (Å²) in [4.78, 5) is 10.0. The van der Waals surface area contributed by atoms with Gasteiger partial charge in [0.15, 0.2) is 23.3 Å². The monoisotopic (exact) mass is 509 g/mol. The minimum Gasteiger partial charge on any atom is -0.381 e. The normalized spacial score (nSPS) is 18.7. The van der Waals surface area contributed by atoms with E-state index in [1.165, 1.54) is 6.08 Å². The minimum atomic E-state index is -0.606. The maximum absolute atomic E-state index is 15.1. The van der Waals surface area contributed by atoms with E-state index in [1.807, 2.05) is 25.7 Å². The molecule has 1 heterocycles. The molecular weight excluding hydrogens is 468 g/mol. The Morgan fingerprint density at radius 3 is 2.29 bits per heavy atom. The number of nitrogens with one attached hydrogen (secondary N) is 3. The van der Waals surface area contributed by atoms with E-state index in [9.17, 15) is 4.39 Å². The molecule has 0 bridgehead atoms. The quantitative estimate of drug-likeness (QED) is 0.108. The fraction of sp³-hybridized carbons (Fsp3) is 0.520. The number of nitrogens with two attached hydrogens (primary N) is 1. The predicted octanol–water partition coefficient (Wildman–Crippen LogP) is 4.62. The minimum absolute atomic E-state index is 0.0132. The second-order valence-corrected chi connectivity index (χ2v) is 9.11. The molecule has 0 amide bonds. The number of nitrogens with zero attached hydrogens (tertiary/aromatic N) is 3. The summed E-state index contributed by atoms with van der Waals surface area (Å²) in [5.41, 5.74) is 7.38. The predicted molar refractivity (Wildman–Crippen MR) is 147 cm³/mol. The Hall–Kier alpha value is -2.59. The molecule has 2 unspecified atom stereocenters. The van der Waals surface area contributed by atoms with Crippen molar-refractivity contribution in [2.45, 2.75) is 71.5 Å². The fourth-order valence-electron chi connectivity index (χ4n) is 3.83. The number of likely N-dealkylation sites (tertiary alicyclic amines) is 1. The Labute approximate surface area is 214 Å². The molecule has 1 rings (SSSR count). The first-order valence-corrected chi connectivity index (χ1v) is 12.2. The standard InChI is InChI=1S/C25H41F2N7S/c1-16(28)13-17(2)32-24(29-7)23(27)14-22(21(6)33-35)20(5)31-18(3)15-30-25(19(4)26)34-11-9-8-10-12-34/h14-17,20,31-33,35H,4,6-13,28H2,1-3,5H3/b18-15+,22-14+,24-23-,30-25+/t16-,17?,20?/m0/s1. The maximum Gasteiger partial charge on any atom is 0.165 e. The third-order valence-electron chi connectivity index (χ3n) is 5.45. The molecule has 1 saturated heterocycles. The van der Waals surface area contributed by atoms with Crippen LogP contribution in [0, 0.1) is 0 Å². The molecule has 35 heavy (non-hydrogen) atoms. The maximum atomic E-state index is 15.1. The molecular formula is C25H41F2N7S. The number of aliphatic imine (C=N–C) groups is 2. The Balaban J connectivity index is 3.13. The summed E-state index contributed by atoms with van der Waals surface area (Å²) < 4.78 is 31.8. The van der Waals surface area contributed by atoms with Crippen LogP contribution in [0.25, 0.3) is 0 Å². The van der Waals surface area contributed by atoms with Crippen molar-refractivity contribution in [3.8, 4) is 0 Å². The van der Waals surface area contributed by atoms with E-state index in [1.54, 1.807) is 13.1 Å². The Kier molecular flexibility index (Phi) is 13.4. The Morgan fingerprint density at radius 2 is 1.77 bits per heavy atom. The first kappa shape index (κ1) is 30.4. The van der Waals surface area contributed by atoms with Gasteiger partial charge in [0, 0.05) is 48.3 Å². The number of piperidine rings is 1. The number of thiol groups is 1. The van der Waals surface area contributed by atoms with E-state index in [2.05, 4.69) is 58.0 Å². The van der Waals surface area contributed by atoms with E-state index in [4.69, 9.17) is 5.73 Å². The lowest BCUT2D eigenvalue weighted by atomic mass is 10.0. The zero-order valence-electron chi connectivity index (χ0n) is 21.4. The van der Waals surface area contributed by atoms with Gasteiger partial charge < -0.3 is 26.0 Å². The van der Waals surface area contributed by atoms with Crippen molar-refractivity contribution in [1.29, 1.82) is 0 Å². The molecule has 0 aliphatic carbocycles. The number of allylic oxidation sites excluding steroid dienone is 3.